The second kappa shape index (κ2) is 11.8. The summed E-state index contributed by atoms with van der Waals surface area (Å²) in [6, 6.07) is 14.7. The Morgan fingerprint density at radius 1 is 1.10 bits per heavy atom. The van der Waals surface area contributed by atoms with Crippen molar-refractivity contribution in [2.75, 3.05) is 24.3 Å². The number of halogens is 2. The summed E-state index contributed by atoms with van der Waals surface area (Å²) in [5.74, 6) is -1.17. The normalized spacial score (nSPS) is 17.7. The molecular weight excluding hydrogens is 642 g/mol. The summed E-state index contributed by atoms with van der Waals surface area (Å²) in [7, 11) is 1.61. The van der Waals surface area contributed by atoms with Crippen molar-refractivity contribution in [2.24, 2.45) is 0 Å². The first-order chi connectivity index (χ1) is 19.6. The number of hydrogen-bond donors (Lipinski definition) is 3. The largest absolute Gasteiger partial charge is 0.449 e. The molecule has 11 heteroatoms. The number of fused-ring (bicyclic) bond motifs is 10. The third-order valence-corrected chi connectivity index (χ3v) is 7.62. The predicted molar refractivity (Wildman–Crippen MR) is 163 cm³/mol. The van der Waals surface area contributed by atoms with Crippen molar-refractivity contribution in [3.05, 3.63) is 99.2 Å². The van der Waals surface area contributed by atoms with Crippen molar-refractivity contribution < 1.29 is 21.8 Å². The lowest BCUT2D eigenvalue weighted by molar-refractivity contribution is -0.131. The van der Waals surface area contributed by atoms with Gasteiger partial charge in [0.05, 0.1) is 6.61 Å². The predicted octanol–water partition coefficient (Wildman–Crippen LogP) is 6.18. The highest BCUT2D eigenvalue weighted by Crippen LogP contribution is 2.32. The topological polar surface area (TPSA) is 113 Å². The first-order valence-electron chi connectivity index (χ1n) is 12.9. The summed E-state index contributed by atoms with van der Waals surface area (Å²) in [4.78, 5) is 43.1. The van der Waals surface area contributed by atoms with Crippen LogP contribution in [0.3, 0.4) is 0 Å². The monoisotopic (exact) mass is 670 g/mol. The number of pyridine rings is 1. The van der Waals surface area contributed by atoms with Gasteiger partial charge >= 0.3 is 6.09 Å². The van der Waals surface area contributed by atoms with Gasteiger partial charge in [0.25, 0.3) is 5.56 Å². The Labute approximate surface area is 249 Å². The van der Waals surface area contributed by atoms with Gasteiger partial charge in [0.2, 0.25) is 5.91 Å². The molecule has 3 aromatic carbocycles. The minimum Gasteiger partial charge on any atom is -0.449 e. The summed E-state index contributed by atoms with van der Waals surface area (Å²) < 4.78 is 25.6. The van der Waals surface area contributed by atoms with Gasteiger partial charge in [-0.05, 0) is 53.3 Å². The van der Waals surface area contributed by atoms with Crippen molar-refractivity contribution in [1.29, 1.82) is 0 Å². The van der Waals surface area contributed by atoms with E-state index < -0.39 is 18.0 Å². The van der Waals surface area contributed by atoms with Crippen LogP contribution in [-0.2, 0) is 16.1 Å². The second-order valence-electron chi connectivity index (χ2n) is 10.1. The second-order valence-corrected chi connectivity index (χ2v) is 10.6. The summed E-state index contributed by atoms with van der Waals surface area (Å²) in [6.45, 7) is 3.97. The van der Waals surface area contributed by atoms with E-state index >= 15 is 0 Å². The average molecular weight is 670 g/mol. The molecule has 2 amide bonds. The lowest BCUT2D eigenvalue weighted by Crippen LogP contribution is -2.35. The number of H-pyrrole nitrogens is 1. The van der Waals surface area contributed by atoms with Crippen molar-refractivity contribution >= 4 is 57.2 Å². The minimum absolute atomic E-state index is 0.0116. The van der Waals surface area contributed by atoms with Gasteiger partial charge in [-0.25, -0.2) is 9.18 Å². The number of aromatic nitrogens is 1. The molecule has 0 radical (unpaired) electrons. The summed E-state index contributed by atoms with van der Waals surface area (Å²) in [6.07, 6.45) is 0.875. The van der Waals surface area contributed by atoms with Gasteiger partial charge in [-0.2, -0.15) is 0 Å². The Morgan fingerprint density at radius 2 is 1.90 bits per heavy atom. The standard InChI is InChI=1S/C30H28FIN4O5/c1-16-10-19-5-7-23(16)17(2)15-40-30(39)35-22-11-20(27(41-32)25(31)13-22)14-36(3)29(38)26(19)34-21-6-4-18-8-9-33-28(37)24(18)12-21/h4-13,17,26,34H,14-15H2,1-3H3,(H,33,37)(H,35,39)/t17-,26+/m0/s1. The van der Waals surface area contributed by atoms with Crippen LogP contribution >= 0.6 is 23.0 Å². The number of ether oxygens (including phenoxy) is 1. The summed E-state index contributed by atoms with van der Waals surface area (Å²) in [5, 5.41) is 7.15. The molecule has 4 aromatic rings. The summed E-state index contributed by atoms with van der Waals surface area (Å²) in [5.41, 5.74) is 3.48. The van der Waals surface area contributed by atoms with Crippen molar-refractivity contribution in [2.45, 2.75) is 32.4 Å². The molecule has 0 spiro atoms. The highest BCUT2D eigenvalue weighted by atomic mass is 127. The minimum atomic E-state index is -0.829. The lowest BCUT2D eigenvalue weighted by atomic mass is 9.93. The maximum atomic E-state index is 14.9. The maximum absolute atomic E-state index is 14.9. The van der Waals surface area contributed by atoms with E-state index in [-0.39, 0.29) is 42.0 Å². The number of carbonyl (C=O) groups is 2. The molecule has 0 saturated heterocycles. The third kappa shape index (κ3) is 5.99. The third-order valence-electron chi connectivity index (χ3n) is 7.18. The van der Waals surface area contributed by atoms with Gasteiger partial charge in [-0.3, -0.25) is 14.9 Å². The Balaban J connectivity index is 1.59. The molecule has 41 heavy (non-hydrogen) atoms. The molecule has 4 bridgehead atoms. The molecule has 9 nitrogen and oxygen atoms in total. The smallest absolute Gasteiger partial charge is 0.411 e. The van der Waals surface area contributed by atoms with Crippen LogP contribution in [0.4, 0.5) is 20.6 Å². The number of hydrogen-bond acceptors (Lipinski definition) is 6. The number of anilines is 2. The average Bonchev–Trinajstić information content (AvgIpc) is 2.94. The molecule has 2 atom stereocenters. The molecule has 0 saturated carbocycles. The highest BCUT2D eigenvalue weighted by molar-refractivity contribution is 14.1. The van der Waals surface area contributed by atoms with Crippen molar-refractivity contribution in [3.8, 4) is 5.75 Å². The number of benzene rings is 3. The molecule has 3 N–H and O–H groups in total. The fraction of sp³-hybridized carbons (Fsp3) is 0.233. The van der Waals surface area contributed by atoms with E-state index in [0.717, 1.165) is 22.6 Å². The fourth-order valence-electron chi connectivity index (χ4n) is 5.08. The van der Waals surface area contributed by atoms with E-state index in [1.165, 1.54) is 4.90 Å². The van der Waals surface area contributed by atoms with E-state index in [9.17, 15) is 18.8 Å². The maximum Gasteiger partial charge on any atom is 0.411 e. The van der Waals surface area contributed by atoms with Gasteiger partial charge < -0.3 is 23.0 Å². The molecule has 6 rings (SSSR count). The Morgan fingerprint density at radius 3 is 2.66 bits per heavy atom. The van der Waals surface area contributed by atoms with E-state index in [1.54, 1.807) is 54.4 Å². The molecule has 212 valence electrons. The lowest BCUT2D eigenvalue weighted by Gasteiger charge is -2.27. The Kier molecular flexibility index (Phi) is 8.15. The number of rotatable bonds is 3. The molecule has 1 aromatic heterocycles. The Hall–Kier alpha value is -4.13. The zero-order valence-corrected chi connectivity index (χ0v) is 24.7. The van der Waals surface area contributed by atoms with Crippen LogP contribution in [0.25, 0.3) is 10.8 Å². The first-order valence-corrected chi connectivity index (χ1v) is 13.8. The quantitative estimate of drug-likeness (QED) is 0.225. The van der Waals surface area contributed by atoms with Gasteiger partial charge in [0, 0.05) is 54.1 Å². The van der Waals surface area contributed by atoms with Gasteiger partial charge in [0.1, 0.15) is 6.04 Å². The fourth-order valence-corrected chi connectivity index (χ4v) is 5.58. The highest BCUT2D eigenvalue weighted by Gasteiger charge is 2.27. The molecule has 3 heterocycles. The number of nitrogens with zero attached hydrogens (tertiary/aromatic N) is 1. The SMILES string of the molecule is Cc1cc2ccc1[C@@H](C)COC(=O)Nc1cc(F)c(OI)c(c1)CN(C)C(=O)[C@@H]2Nc1ccc2cc[nH]c(=O)c2c1. The zero-order valence-electron chi connectivity index (χ0n) is 22.6. The summed E-state index contributed by atoms with van der Waals surface area (Å²) >= 11 is 1.58. The van der Waals surface area contributed by atoms with E-state index in [1.807, 2.05) is 44.2 Å². The Bertz CT molecular complexity index is 1710. The van der Waals surface area contributed by atoms with Gasteiger partial charge in [-0.15, -0.1) is 0 Å². The number of aryl methyl sites for hydroxylation is 1. The van der Waals surface area contributed by atoms with E-state index in [4.69, 9.17) is 7.80 Å². The molecule has 2 aliphatic rings. The number of nitrogens with one attached hydrogen (secondary N) is 3. The van der Waals surface area contributed by atoms with Crippen molar-refractivity contribution in [3.63, 3.8) is 0 Å². The first kappa shape index (κ1) is 28.4. The van der Waals surface area contributed by atoms with Crippen LogP contribution in [0.5, 0.6) is 5.75 Å². The molecule has 0 unspecified atom stereocenters. The van der Waals surface area contributed by atoms with Crippen LogP contribution in [0.15, 0.2) is 65.6 Å². The van der Waals surface area contributed by atoms with E-state index in [0.29, 0.717) is 22.2 Å². The van der Waals surface area contributed by atoms with Crippen LogP contribution in [0.1, 0.15) is 41.1 Å². The molecule has 0 aliphatic carbocycles. The van der Waals surface area contributed by atoms with Crippen LogP contribution in [0, 0.1) is 12.7 Å². The zero-order chi connectivity index (χ0) is 29.3. The number of carbonyl (C=O) groups excluding carboxylic acids is 2. The van der Waals surface area contributed by atoms with E-state index in [2.05, 4.69) is 15.6 Å². The molecule has 0 fully saturated rings. The van der Waals surface area contributed by atoms with Crippen LogP contribution in [-0.4, -0.2) is 35.5 Å². The number of aromatic amines is 1. The molecule has 2 aliphatic heterocycles. The molecular formula is C30H28FIN4O5. The van der Waals surface area contributed by atoms with Crippen LogP contribution < -0.4 is 19.3 Å². The van der Waals surface area contributed by atoms with Crippen molar-refractivity contribution in [1.82, 2.24) is 9.88 Å². The van der Waals surface area contributed by atoms with Crippen LogP contribution in [0.2, 0.25) is 0 Å². The number of amides is 2. The van der Waals surface area contributed by atoms with Gasteiger partial charge in [0.15, 0.2) is 34.6 Å². The number of likely N-dealkylation sites (N-methyl/N-ethyl adjacent to an activating group) is 1. The van der Waals surface area contributed by atoms with Gasteiger partial charge in [-0.1, -0.05) is 31.2 Å².